The van der Waals surface area contributed by atoms with E-state index in [2.05, 4.69) is 15.5 Å². The lowest BCUT2D eigenvalue weighted by Gasteiger charge is -2.20. The molecule has 28 heavy (non-hydrogen) atoms. The number of nitrogens with zero attached hydrogens (tertiary/aromatic N) is 2. The van der Waals surface area contributed by atoms with Crippen molar-refractivity contribution in [2.45, 2.75) is 38.5 Å². The lowest BCUT2D eigenvalue weighted by molar-refractivity contribution is -0.161. The molecule has 0 aliphatic carbocycles. The molecule has 1 amide bonds. The number of amides is 1. The van der Waals surface area contributed by atoms with Gasteiger partial charge in [0, 0.05) is 11.4 Å². The van der Waals surface area contributed by atoms with E-state index >= 15 is 0 Å². The Hall–Kier alpha value is -2.62. The third kappa shape index (κ3) is 6.84. The van der Waals surface area contributed by atoms with Crippen LogP contribution in [0.3, 0.4) is 0 Å². The standard InChI is InChI=1S/C13H19N5O8S2/c1-6(18-28(23,24)25)7(4-19)15-10(20)9(8-5-27-12(14)16-8)17-26-13(2,3)11(21)22/h4-7,18H,1-3H3,(H2,14,16)(H,15,20)(H,21,22)(H,23,24,25)/b17-9+/t6-,7+/m0/s1. The van der Waals surface area contributed by atoms with Crippen LogP contribution in [-0.4, -0.2) is 64.6 Å². The number of aromatic nitrogens is 1. The maximum absolute atomic E-state index is 12.5. The lowest BCUT2D eigenvalue weighted by Crippen LogP contribution is -2.52. The molecule has 156 valence electrons. The first kappa shape index (κ1) is 23.4. The summed E-state index contributed by atoms with van der Waals surface area (Å²) in [6.45, 7) is 3.60. The molecule has 1 aromatic heterocycles. The van der Waals surface area contributed by atoms with Gasteiger partial charge in [-0.3, -0.25) is 9.35 Å². The minimum Gasteiger partial charge on any atom is -0.478 e. The Labute approximate surface area is 163 Å². The monoisotopic (exact) mass is 437 g/mol. The van der Waals surface area contributed by atoms with Gasteiger partial charge in [0.15, 0.2) is 10.8 Å². The second kappa shape index (κ2) is 9.05. The minimum absolute atomic E-state index is 0.0544. The predicted octanol–water partition coefficient (Wildman–Crippen LogP) is -1.23. The van der Waals surface area contributed by atoms with Gasteiger partial charge in [-0.25, -0.2) is 9.78 Å². The van der Waals surface area contributed by atoms with E-state index < -0.39 is 45.6 Å². The van der Waals surface area contributed by atoms with Crippen LogP contribution in [0.2, 0.25) is 0 Å². The average Bonchev–Trinajstić information content (AvgIpc) is 2.96. The Kier molecular flexibility index (Phi) is 7.57. The van der Waals surface area contributed by atoms with Gasteiger partial charge in [0.2, 0.25) is 5.60 Å². The number of anilines is 1. The fourth-order valence-corrected chi connectivity index (χ4v) is 2.77. The number of carbonyl (C=O) groups is 3. The molecule has 13 nitrogen and oxygen atoms in total. The first-order valence-corrected chi connectivity index (χ1v) is 9.80. The van der Waals surface area contributed by atoms with E-state index in [0.717, 1.165) is 11.3 Å². The second-order valence-corrected chi connectivity index (χ2v) is 8.01. The molecule has 0 saturated heterocycles. The van der Waals surface area contributed by atoms with Gasteiger partial charge in [0.1, 0.15) is 18.0 Å². The van der Waals surface area contributed by atoms with Crippen molar-refractivity contribution in [1.29, 1.82) is 0 Å². The van der Waals surface area contributed by atoms with Crippen LogP contribution in [0.4, 0.5) is 5.13 Å². The van der Waals surface area contributed by atoms with Crippen molar-refractivity contribution in [3.8, 4) is 0 Å². The molecule has 1 aromatic rings. The zero-order chi connectivity index (χ0) is 21.7. The van der Waals surface area contributed by atoms with Crippen LogP contribution in [0.15, 0.2) is 10.5 Å². The molecule has 15 heteroatoms. The molecule has 0 aromatic carbocycles. The number of aliphatic carboxylic acids is 1. The van der Waals surface area contributed by atoms with Gasteiger partial charge in [-0.1, -0.05) is 5.16 Å². The average molecular weight is 437 g/mol. The number of carbonyl (C=O) groups excluding carboxylic acids is 2. The van der Waals surface area contributed by atoms with Crippen molar-refractivity contribution in [3.63, 3.8) is 0 Å². The fraction of sp³-hybridized carbons (Fsp3) is 0.462. The van der Waals surface area contributed by atoms with E-state index in [0.29, 0.717) is 0 Å². The number of hydrogen-bond donors (Lipinski definition) is 5. The summed E-state index contributed by atoms with van der Waals surface area (Å²) in [4.78, 5) is 43.6. The number of aldehydes is 1. The van der Waals surface area contributed by atoms with Crippen LogP contribution in [0.1, 0.15) is 26.5 Å². The van der Waals surface area contributed by atoms with Crippen LogP contribution >= 0.6 is 11.3 Å². The van der Waals surface area contributed by atoms with Crippen molar-refractivity contribution in [2.24, 2.45) is 5.16 Å². The van der Waals surface area contributed by atoms with Crippen molar-refractivity contribution in [1.82, 2.24) is 15.0 Å². The van der Waals surface area contributed by atoms with Gasteiger partial charge in [0.25, 0.3) is 5.91 Å². The van der Waals surface area contributed by atoms with Gasteiger partial charge in [-0.2, -0.15) is 13.1 Å². The van der Waals surface area contributed by atoms with E-state index in [1.165, 1.54) is 26.2 Å². The largest absolute Gasteiger partial charge is 0.478 e. The normalized spacial score (nSPS) is 14.8. The number of rotatable bonds is 10. The van der Waals surface area contributed by atoms with E-state index in [1.54, 1.807) is 4.72 Å². The predicted molar refractivity (Wildman–Crippen MR) is 98.0 cm³/mol. The van der Waals surface area contributed by atoms with Crippen LogP contribution < -0.4 is 15.8 Å². The number of nitrogens with two attached hydrogens (primary N) is 1. The summed E-state index contributed by atoms with van der Waals surface area (Å²) in [7, 11) is -4.63. The minimum atomic E-state index is -4.63. The second-order valence-electron chi connectivity index (χ2n) is 5.93. The lowest BCUT2D eigenvalue weighted by atomic mass is 10.1. The van der Waals surface area contributed by atoms with E-state index in [9.17, 15) is 22.8 Å². The summed E-state index contributed by atoms with van der Waals surface area (Å²) < 4.78 is 32.3. The number of nitrogens with one attached hydrogen (secondary N) is 2. The smallest absolute Gasteiger partial charge is 0.350 e. The SMILES string of the molecule is C[C@H](NS(=O)(=O)O)[C@@H](C=O)NC(=O)/C(=N/OC(C)(C)C(=O)O)c1csc(N)n1. The summed E-state index contributed by atoms with van der Waals surface area (Å²) in [5.41, 5.74) is 3.19. The van der Waals surface area contributed by atoms with Crippen molar-refractivity contribution >= 4 is 50.6 Å². The van der Waals surface area contributed by atoms with Crippen LogP contribution in [0, 0.1) is 0 Å². The maximum Gasteiger partial charge on any atom is 0.350 e. The van der Waals surface area contributed by atoms with Crippen LogP contribution in [-0.2, 0) is 29.5 Å². The highest BCUT2D eigenvalue weighted by atomic mass is 32.2. The molecular formula is C13H19N5O8S2. The van der Waals surface area contributed by atoms with Gasteiger partial charge in [-0.15, -0.1) is 11.3 Å². The molecule has 2 atom stereocenters. The summed E-state index contributed by atoms with van der Waals surface area (Å²) in [5.74, 6) is -2.38. The van der Waals surface area contributed by atoms with Crippen LogP contribution in [0.25, 0.3) is 0 Å². The summed E-state index contributed by atoms with van der Waals surface area (Å²) in [6.07, 6.45) is 0.232. The van der Waals surface area contributed by atoms with Gasteiger partial charge in [-0.05, 0) is 20.8 Å². The molecule has 1 rings (SSSR count). The number of nitrogen functional groups attached to an aromatic ring is 1. The zero-order valence-electron chi connectivity index (χ0n) is 14.9. The molecule has 0 bridgehead atoms. The highest BCUT2D eigenvalue weighted by Gasteiger charge is 2.32. The van der Waals surface area contributed by atoms with Crippen molar-refractivity contribution in [2.75, 3.05) is 5.73 Å². The first-order valence-electron chi connectivity index (χ1n) is 7.48. The first-order chi connectivity index (χ1) is 12.8. The number of oxime groups is 1. The number of hydrogen-bond acceptors (Lipinski definition) is 10. The molecule has 6 N–H and O–H groups in total. The summed E-state index contributed by atoms with van der Waals surface area (Å²) in [6, 6.07) is -2.61. The topological polar surface area (TPSA) is 210 Å². The molecule has 0 unspecified atom stereocenters. The van der Waals surface area contributed by atoms with E-state index in [1.807, 2.05) is 0 Å². The fourth-order valence-electron chi connectivity index (χ4n) is 1.60. The zero-order valence-corrected chi connectivity index (χ0v) is 16.6. The van der Waals surface area contributed by atoms with Gasteiger partial charge >= 0.3 is 16.3 Å². The molecule has 0 fully saturated rings. The van der Waals surface area contributed by atoms with Crippen molar-refractivity contribution < 1.29 is 37.3 Å². The summed E-state index contributed by atoms with van der Waals surface area (Å²) >= 11 is 0.968. The Balaban J connectivity index is 3.14. The van der Waals surface area contributed by atoms with Crippen LogP contribution in [0.5, 0.6) is 0 Å². The molecule has 0 saturated carbocycles. The van der Waals surface area contributed by atoms with E-state index in [4.69, 9.17) is 20.2 Å². The Morgan fingerprint density at radius 1 is 1.46 bits per heavy atom. The number of thiazole rings is 1. The van der Waals surface area contributed by atoms with Gasteiger partial charge in [0.05, 0.1) is 0 Å². The molecular weight excluding hydrogens is 418 g/mol. The van der Waals surface area contributed by atoms with E-state index in [-0.39, 0.29) is 17.1 Å². The molecule has 0 aliphatic rings. The Morgan fingerprint density at radius 3 is 2.50 bits per heavy atom. The van der Waals surface area contributed by atoms with Gasteiger partial charge < -0.3 is 25.8 Å². The summed E-state index contributed by atoms with van der Waals surface area (Å²) in [5, 5.41) is 16.2. The molecule has 0 radical (unpaired) electrons. The Morgan fingerprint density at radius 2 is 2.07 bits per heavy atom. The number of carboxylic acids is 1. The quantitative estimate of drug-likeness (QED) is 0.127. The molecule has 0 aliphatic heterocycles. The highest BCUT2D eigenvalue weighted by Crippen LogP contribution is 2.15. The third-order valence-corrected chi connectivity index (χ3v) is 4.52. The maximum atomic E-state index is 12.5. The highest BCUT2D eigenvalue weighted by molar-refractivity contribution is 7.83. The Bertz CT molecular complexity index is 879. The number of carboxylic acid groups (broad SMARTS) is 1. The third-order valence-electron chi connectivity index (χ3n) is 3.18. The van der Waals surface area contributed by atoms with Crippen molar-refractivity contribution in [3.05, 3.63) is 11.1 Å². The molecule has 0 spiro atoms. The molecule has 1 heterocycles.